The minimum atomic E-state index is -0.538. The summed E-state index contributed by atoms with van der Waals surface area (Å²) in [6.07, 6.45) is 1.36. The number of aryl methyl sites for hydroxylation is 1. The third-order valence-electron chi connectivity index (χ3n) is 6.07. The molecule has 1 N–H and O–H groups in total. The van der Waals surface area contributed by atoms with Gasteiger partial charge in [-0.05, 0) is 77.9 Å². The zero-order valence-corrected chi connectivity index (χ0v) is 17.5. The van der Waals surface area contributed by atoms with Crippen molar-refractivity contribution in [3.63, 3.8) is 0 Å². The number of amides is 1. The van der Waals surface area contributed by atoms with Crippen LogP contribution in [0.5, 0.6) is 11.5 Å². The standard InChI is InChI=1S/C26H25NO4/c1-17(28)18-4-7-20(8-5-18)26(29)27-12-2-3-19-6-9-21(13-23(19)15-27)22-10-11-24-25(14-22)31-16-30-24/h4-11,13-14,17,28H,2-3,12,15-16H2,1H3. The van der Waals surface area contributed by atoms with Gasteiger partial charge in [-0.15, -0.1) is 0 Å². The van der Waals surface area contributed by atoms with E-state index in [9.17, 15) is 9.90 Å². The van der Waals surface area contributed by atoms with E-state index in [1.165, 1.54) is 11.1 Å². The van der Waals surface area contributed by atoms with Crippen molar-refractivity contribution < 1.29 is 19.4 Å². The molecule has 3 aromatic rings. The van der Waals surface area contributed by atoms with Gasteiger partial charge in [0.25, 0.3) is 5.91 Å². The summed E-state index contributed by atoms with van der Waals surface area (Å²) in [4.78, 5) is 15.1. The number of carbonyl (C=O) groups is 1. The maximum Gasteiger partial charge on any atom is 0.254 e. The molecule has 2 aliphatic heterocycles. The summed E-state index contributed by atoms with van der Waals surface area (Å²) in [5.41, 5.74) is 6.12. The van der Waals surface area contributed by atoms with Gasteiger partial charge < -0.3 is 19.5 Å². The molecule has 1 unspecified atom stereocenters. The lowest BCUT2D eigenvalue weighted by Crippen LogP contribution is -2.30. The number of hydrogen-bond acceptors (Lipinski definition) is 4. The second kappa shape index (κ2) is 8.08. The van der Waals surface area contributed by atoms with Crippen molar-refractivity contribution in [3.8, 4) is 22.6 Å². The first kappa shape index (κ1) is 19.6. The number of carbonyl (C=O) groups excluding carboxylic acids is 1. The van der Waals surface area contributed by atoms with Crippen molar-refractivity contribution >= 4 is 5.91 Å². The van der Waals surface area contributed by atoms with Crippen LogP contribution in [-0.2, 0) is 13.0 Å². The van der Waals surface area contributed by atoms with Crippen LogP contribution >= 0.6 is 0 Å². The van der Waals surface area contributed by atoms with Gasteiger partial charge >= 0.3 is 0 Å². The van der Waals surface area contributed by atoms with E-state index in [1.807, 2.05) is 35.2 Å². The van der Waals surface area contributed by atoms with Crippen molar-refractivity contribution in [2.75, 3.05) is 13.3 Å². The Bertz CT molecular complexity index is 1120. The van der Waals surface area contributed by atoms with Gasteiger partial charge in [-0.1, -0.05) is 30.3 Å². The monoisotopic (exact) mass is 415 g/mol. The normalized spacial score (nSPS) is 15.9. The predicted molar refractivity (Wildman–Crippen MR) is 118 cm³/mol. The molecule has 1 amide bonds. The van der Waals surface area contributed by atoms with Gasteiger partial charge in [0.05, 0.1) is 6.10 Å². The Kier molecular flexibility index (Phi) is 5.12. The summed E-state index contributed by atoms with van der Waals surface area (Å²) < 4.78 is 10.9. The van der Waals surface area contributed by atoms with Gasteiger partial charge in [0, 0.05) is 18.7 Å². The molecule has 0 aromatic heterocycles. The lowest BCUT2D eigenvalue weighted by atomic mass is 9.97. The highest BCUT2D eigenvalue weighted by molar-refractivity contribution is 5.94. The number of hydrogen-bond donors (Lipinski definition) is 1. The summed E-state index contributed by atoms with van der Waals surface area (Å²) in [5.74, 6) is 1.57. The summed E-state index contributed by atoms with van der Waals surface area (Å²) in [5, 5.41) is 9.71. The van der Waals surface area contributed by atoms with E-state index in [2.05, 4.69) is 18.2 Å². The quantitative estimate of drug-likeness (QED) is 0.672. The first-order valence-electron chi connectivity index (χ1n) is 10.7. The molecular weight excluding hydrogens is 390 g/mol. The SMILES string of the molecule is CC(O)c1ccc(C(=O)N2CCCc3ccc(-c4ccc5c(c4)OCO5)cc3C2)cc1. The number of rotatable bonds is 3. The molecule has 2 aliphatic rings. The highest BCUT2D eigenvalue weighted by Gasteiger charge is 2.21. The van der Waals surface area contributed by atoms with Gasteiger partial charge in [0.15, 0.2) is 11.5 Å². The Morgan fingerprint density at radius 2 is 1.68 bits per heavy atom. The van der Waals surface area contributed by atoms with E-state index in [0.29, 0.717) is 12.1 Å². The zero-order chi connectivity index (χ0) is 21.4. The third-order valence-corrected chi connectivity index (χ3v) is 6.07. The number of fused-ring (bicyclic) bond motifs is 2. The van der Waals surface area contributed by atoms with Crippen LogP contribution < -0.4 is 9.47 Å². The van der Waals surface area contributed by atoms with Crippen LogP contribution in [0.2, 0.25) is 0 Å². The molecule has 1 atom stereocenters. The average Bonchev–Trinajstić information content (AvgIpc) is 3.16. The predicted octanol–water partition coefficient (Wildman–Crippen LogP) is 4.72. The fourth-order valence-corrected chi connectivity index (χ4v) is 4.28. The average molecular weight is 415 g/mol. The Hall–Kier alpha value is -3.31. The van der Waals surface area contributed by atoms with Crippen molar-refractivity contribution in [3.05, 3.63) is 82.9 Å². The highest BCUT2D eigenvalue weighted by Crippen LogP contribution is 2.36. The van der Waals surface area contributed by atoms with Crippen molar-refractivity contribution in [1.29, 1.82) is 0 Å². The summed E-state index contributed by atoms with van der Waals surface area (Å²) in [7, 11) is 0. The van der Waals surface area contributed by atoms with Crippen LogP contribution in [0.15, 0.2) is 60.7 Å². The Morgan fingerprint density at radius 1 is 0.935 bits per heavy atom. The number of benzene rings is 3. The van der Waals surface area contributed by atoms with Gasteiger partial charge in [0.2, 0.25) is 6.79 Å². The van der Waals surface area contributed by atoms with Crippen molar-refractivity contribution in [2.24, 2.45) is 0 Å². The second-order valence-electron chi connectivity index (χ2n) is 8.18. The molecular formula is C26H25NO4. The van der Waals surface area contributed by atoms with Crippen molar-refractivity contribution in [2.45, 2.75) is 32.4 Å². The van der Waals surface area contributed by atoms with Gasteiger partial charge in [0.1, 0.15) is 0 Å². The molecule has 5 rings (SSSR count). The summed E-state index contributed by atoms with van der Waals surface area (Å²) >= 11 is 0. The zero-order valence-electron chi connectivity index (χ0n) is 17.5. The van der Waals surface area contributed by atoms with Gasteiger partial charge in [-0.2, -0.15) is 0 Å². The number of nitrogens with zero attached hydrogens (tertiary/aromatic N) is 1. The number of aliphatic hydroxyl groups is 1. The van der Waals surface area contributed by atoms with Gasteiger partial charge in [-0.25, -0.2) is 0 Å². The molecule has 0 aliphatic carbocycles. The van der Waals surface area contributed by atoms with Crippen molar-refractivity contribution in [1.82, 2.24) is 4.90 Å². The third kappa shape index (κ3) is 3.89. The smallest absolute Gasteiger partial charge is 0.254 e. The van der Waals surface area contributed by atoms with E-state index in [0.717, 1.165) is 47.6 Å². The number of aliphatic hydroxyl groups excluding tert-OH is 1. The first-order chi connectivity index (χ1) is 15.1. The van der Waals surface area contributed by atoms with Crippen LogP contribution in [0.3, 0.4) is 0 Å². The van der Waals surface area contributed by atoms with E-state index >= 15 is 0 Å². The molecule has 0 saturated carbocycles. The minimum absolute atomic E-state index is 0.0264. The molecule has 5 heteroatoms. The lowest BCUT2D eigenvalue weighted by molar-refractivity contribution is 0.0745. The fraction of sp³-hybridized carbons (Fsp3) is 0.269. The molecule has 3 aromatic carbocycles. The summed E-state index contributed by atoms with van der Waals surface area (Å²) in [6.45, 7) is 3.30. The maximum absolute atomic E-state index is 13.2. The first-order valence-corrected chi connectivity index (χ1v) is 10.7. The van der Waals surface area contributed by atoms with Crippen LogP contribution in [0, 0.1) is 0 Å². The van der Waals surface area contributed by atoms with E-state index < -0.39 is 6.10 Å². The van der Waals surface area contributed by atoms with Crippen LogP contribution in [-0.4, -0.2) is 29.3 Å². The molecule has 0 bridgehead atoms. The second-order valence-corrected chi connectivity index (χ2v) is 8.18. The Morgan fingerprint density at radius 3 is 2.48 bits per heavy atom. The summed E-state index contributed by atoms with van der Waals surface area (Å²) in [6, 6.07) is 19.8. The molecule has 0 fully saturated rings. The van der Waals surface area contributed by atoms with Crippen LogP contribution in [0.1, 0.15) is 46.5 Å². The topological polar surface area (TPSA) is 59.0 Å². The van der Waals surface area contributed by atoms with Gasteiger partial charge in [-0.3, -0.25) is 4.79 Å². The fourth-order valence-electron chi connectivity index (χ4n) is 4.28. The Balaban J connectivity index is 1.40. The molecule has 0 saturated heterocycles. The van der Waals surface area contributed by atoms with E-state index in [-0.39, 0.29) is 12.7 Å². The van der Waals surface area contributed by atoms with E-state index in [1.54, 1.807) is 19.1 Å². The van der Waals surface area contributed by atoms with Crippen LogP contribution in [0.25, 0.3) is 11.1 Å². The molecule has 158 valence electrons. The Labute approximate surface area is 181 Å². The lowest BCUT2D eigenvalue weighted by Gasteiger charge is -2.21. The van der Waals surface area contributed by atoms with E-state index in [4.69, 9.17) is 9.47 Å². The molecule has 31 heavy (non-hydrogen) atoms. The molecule has 0 spiro atoms. The maximum atomic E-state index is 13.2. The molecule has 0 radical (unpaired) electrons. The van der Waals surface area contributed by atoms with Crippen LogP contribution in [0.4, 0.5) is 0 Å². The minimum Gasteiger partial charge on any atom is -0.454 e. The number of ether oxygens (including phenoxy) is 2. The molecule has 2 heterocycles. The largest absolute Gasteiger partial charge is 0.454 e. The molecule has 5 nitrogen and oxygen atoms in total. The highest BCUT2D eigenvalue weighted by atomic mass is 16.7.